The number of alkyl halides is 3. The Kier molecular flexibility index (Phi) is 2.11. The standard InChI is InChI=1S/C6H11F3N2/c1-11-3-2-4(10)5(11)6(7,8)9/h4-5H,2-3,10H2,1H3. The van der Waals surface area contributed by atoms with Gasteiger partial charge in [-0.3, -0.25) is 4.90 Å². The van der Waals surface area contributed by atoms with E-state index in [1.54, 1.807) is 0 Å². The van der Waals surface area contributed by atoms with Crippen molar-refractivity contribution in [2.45, 2.75) is 24.7 Å². The van der Waals surface area contributed by atoms with Gasteiger partial charge in [-0.05, 0) is 13.5 Å². The van der Waals surface area contributed by atoms with Gasteiger partial charge >= 0.3 is 6.18 Å². The summed E-state index contributed by atoms with van der Waals surface area (Å²) in [5, 5.41) is 0. The third-order valence-electron chi connectivity index (χ3n) is 2.03. The summed E-state index contributed by atoms with van der Waals surface area (Å²) >= 11 is 0. The smallest absolute Gasteiger partial charge is 0.326 e. The van der Waals surface area contributed by atoms with E-state index >= 15 is 0 Å². The van der Waals surface area contributed by atoms with Gasteiger partial charge in [0.1, 0.15) is 6.04 Å². The second-order valence-corrected chi connectivity index (χ2v) is 2.92. The van der Waals surface area contributed by atoms with Crippen LogP contribution in [0.4, 0.5) is 13.2 Å². The predicted molar refractivity (Wildman–Crippen MR) is 35.1 cm³/mol. The maximum absolute atomic E-state index is 12.1. The van der Waals surface area contributed by atoms with E-state index in [0.717, 1.165) is 0 Å². The van der Waals surface area contributed by atoms with E-state index < -0.39 is 18.3 Å². The lowest BCUT2D eigenvalue weighted by Crippen LogP contribution is -2.48. The molecule has 5 heteroatoms. The number of nitrogens with two attached hydrogens (primary N) is 1. The van der Waals surface area contributed by atoms with Gasteiger partial charge in [-0.2, -0.15) is 13.2 Å². The molecule has 2 unspecified atom stereocenters. The third kappa shape index (κ3) is 1.65. The summed E-state index contributed by atoms with van der Waals surface area (Å²) in [4.78, 5) is 1.25. The molecule has 0 spiro atoms. The van der Waals surface area contributed by atoms with Gasteiger partial charge in [0, 0.05) is 12.6 Å². The topological polar surface area (TPSA) is 29.3 Å². The Balaban J connectivity index is 2.69. The fraction of sp³-hybridized carbons (Fsp3) is 1.00. The second-order valence-electron chi connectivity index (χ2n) is 2.92. The first-order valence-corrected chi connectivity index (χ1v) is 3.45. The van der Waals surface area contributed by atoms with Crippen molar-refractivity contribution in [3.05, 3.63) is 0 Å². The van der Waals surface area contributed by atoms with E-state index in [-0.39, 0.29) is 0 Å². The molecule has 0 aromatic carbocycles. The number of likely N-dealkylation sites (N-methyl/N-ethyl adjacent to an activating group) is 1. The second kappa shape index (κ2) is 2.64. The molecule has 0 aliphatic carbocycles. The number of halogens is 3. The largest absolute Gasteiger partial charge is 0.405 e. The highest BCUT2D eigenvalue weighted by Crippen LogP contribution is 2.30. The van der Waals surface area contributed by atoms with Gasteiger partial charge in [-0.25, -0.2) is 0 Å². The summed E-state index contributed by atoms with van der Waals surface area (Å²) in [5.74, 6) is 0. The number of hydrogen-bond donors (Lipinski definition) is 1. The SMILES string of the molecule is CN1CCC(N)C1C(F)(F)F. The zero-order chi connectivity index (χ0) is 8.65. The van der Waals surface area contributed by atoms with Crippen molar-refractivity contribution in [2.24, 2.45) is 5.73 Å². The Morgan fingerprint density at radius 3 is 2.18 bits per heavy atom. The molecule has 2 atom stereocenters. The fourth-order valence-corrected chi connectivity index (χ4v) is 1.47. The van der Waals surface area contributed by atoms with Gasteiger partial charge < -0.3 is 5.73 Å². The van der Waals surface area contributed by atoms with E-state index in [9.17, 15) is 13.2 Å². The summed E-state index contributed by atoms with van der Waals surface area (Å²) in [6, 6.07) is -2.19. The summed E-state index contributed by atoms with van der Waals surface area (Å²) in [6.07, 6.45) is -3.74. The van der Waals surface area contributed by atoms with Crippen LogP contribution in [0.2, 0.25) is 0 Å². The van der Waals surface area contributed by atoms with Crippen molar-refractivity contribution in [3.8, 4) is 0 Å². The molecular weight excluding hydrogens is 157 g/mol. The van der Waals surface area contributed by atoms with E-state index in [1.165, 1.54) is 11.9 Å². The summed E-state index contributed by atoms with van der Waals surface area (Å²) in [5.41, 5.74) is 5.29. The van der Waals surface area contributed by atoms with Gasteiger partial charge in [-0.15, -0.1) is 0 Å². The first kappa shape index (κ1) is 8.80. The van der Waals surface area contributed by atoms with Gasteiger partial charge in [0.05, 0.1) is 0 Å². The van der Waals surface area contributed by atoms with Crippen LogP contribution >= 0.6 is 0 Å². The molecule has 0 radical (unpaired) electrons. The first-order chi connectivity index (χ1) is 4.93. The van der Waals surface area contributed by atoms with Crippen LogP contribution in [-0.2, 0) is 0 Å². The molecule has 66 valence electrons. The summed E-state index contributed by atoms with van der Waals surface area (Å²) < 4.78 is 36.4. The molecule has 1 saturated heterocycles. The van der Waals surface area contributed by atoms with E-state index in [0.29, 0.717) is 13.0 Å². The van der Waals surface area contributed by atoms with Crippen LogP contribution in [0, 0.1) is 0 Å². The predicted octanol–water partition coefficient (Wildman–Crippen LogP) is 0.580. The van der Waals surface area contributed by atoms with Crippen molar-refractivity contribution < 1.29 is 13.2 Å². The summed E-state index contributed by atoms with van der Waals surface area (Å²) in [7, 11) is 1.45. The monoisotopic (exact) mass is 168 g/mol. The molecule has 1 aliphatic rings. The molecule has 11 heavy (non-hydrogen) atoms. The highest BCUT2D eigenvalue weighted by Gasteiger charge is 2.48. The molecule has 2 N–H and O–H groups in total. The Bertz CT molecular complexity index is 135. The third-order valence-corrected chi connectivity index (χ3v) is 2.03. The molecule has 1 aliphatic heterocycles. The zero-order valence-corrected chi connectivity index (χ0v) is 6.23. The van der Waals surface area contributed by atoms with Crippen LogP contribution in [-0.4, -0.2) is 36.8 Å². The number of likely N-dealkylation sites (tertiary alicyclic amines) is 1. The van der Waals surface area contributed by atoms with Crippen molar-refractivity contribution >= 4 is 0 Å². The van der Waals surface area contributed by atoms with Crippen molar-refractivity contribution in [3.63, 3.8) is 0 Å². The van der Waals surface area contributed by atoms with Gasteiger partial charge in [0.2, 0.25) is 0 Å². The molecule has 1 rings (SSSR count). The van der Waals surface area contributed by atoms with Gasteiger partial charge in [0.15, 0.2) is 0 Å². The van der Waals surface area contributed by atoms with E-state index in [2.05, 4.69) is 0 Å². The molecule has 1 fully saturated rings. The van der Waals surface area contributed by atoms with Crippen molar-refractivity contribution in [1.82, 2.24) is 4.90 Å². The van der Waals surface area contributed by atoms with E-state index in [1.807, 2.05) is 0 Å². The maximum Gasteiger partial charge on any atom is 0.405 e. The number of hydrogen-bond acceptors (Lipinski definition) is 2. The lowest BCUT2D eigenvalue weighted by atomic mass is 10.1. The number of rotatable bonds is 0. The lowest BCUT2D eigenvalue weighted by molar-refractivity contribution is -0.175. The van der Waals surface area contributed by atoms with Crippen LogP contribution in [0.25, 0.3) is 0 Å². The minimum atomic E-state index is -4.18. The highest BCUT2D eigenvalue weighted by molar-refractivity contribution is 4.92. The zero-order valence-electron chi connectivity index (χ0n) is 6.23. The van der Waals surface area contributed by atoms with Crippen molar-refractivity contribution in [1.29, 1.82) is 0 Å². The molecule has 1 heterocycles. The van der Waals surface area contributed by atoms with Gasteiger partial charge in [0.25, 0.3) is 0 Å². The van der Waals surface area contributed by atoms with Crippen LogP contribution in [0.5, 0.6) is 0 Å². The van der Waals surface area contributed by atoms with Gasteiger partial charge in [-0.1, -0.05) is 0 Å². The highest BCUT2D eigenvalue weighted by atomic mass is 19.4. The molecule has 0 aromatic heterocycles. The lowest BCUT2D eigenvalue weighted by Gasteiger charge is -2.24. The Morgan fingerprint density at radius 2 is 2.00 bits per heavy atom. The summed E-state index contributed by atoms with van der Waals surface area (Å²) in [6.45, 7) is 0.436. The average Bonchev–Trinajstić information content (AvgIpc) is 2.08. The van der Waals surface area contributed by atoms with E-state index in [4.69, 9.17) is 5.73 Å². The van der Waals surface area contributed by atoms with Crippen LogP contribution < -0.4 is 5.73 Å². The van der Waals surface area contributed by atoms with Crippen LogP contribution in [0.3, 0.4) is 0 Å². The number of nitrogens with zero attached hydrogens (tertiary/aromatic N) is 1. The molecular formula is C6H11F3N2. The minimum absolute atomic E-state index is 0.431. The maximum atomic E-state index is 12.1. The Labute approximate surface area is 63.2 Å². The minimum Gasteiger partial charge on any atom is -0.326 e. The van der Waals surface area contributed by atoms with Crippen LogP contribution in [0.15, 0.2) is 0 Å². The quantitative estimate of drug-likeness (QED) is 0.573. The first-order valence-electron chi connectivity index (χ1n) is 3.45. The van der Waals surface area contributed by atoms with Crippen molar-refractivity contribution in [2.75, 3.05) is 13.6 Å². The molecule has 0 saturated carbocycles. The molecule has 0 bridgehead atoms. The average molecular weight is 168 g/mol. The Morgan fingerprint density at radius 1 is 1.45 bits per heavy atom. The Hall–Kier alpha value is -0.290. The van der Waals surface area contributed by atoms with Crippen LogP contribution in [0.1, 0.15) is 6.42 Å². The molecule has 0 amide bonds. The molecule has 0 aromatic rings. The normalized spacial score (nSPS) is 34.6. The molecule has 2 nitrogen and oxygen atoms in total. The fourth-order valence-electron chi connectivity index (χ4n) is 1.47.